The van der Waals surface area contributed by atoms with Gasteiger partial charge in [0.15, 0.2) is 6.10 Å². The Hall–Kier alpha value is -1.93. The first-order valence-electron chi connectivity index (χ1n) is 36.4. The van der Waals surface area contributed by atoms with Crippen molar-refractivity contribution in [1.29, 1.82) is 0 Å². The Morgan fingerprint density at radius 1 is 0.482 bits per heavy atom. The van der Waals surface area contributed by atoms with Crippen LogP contribution >= 0.6 is 0 Å². The first-order chi connectivity index (χ1) is 40.0. The molecule has 0 aromatic rings. The normalized spacial score (nSPS) is 29.3. The van der Waals surface area contributed by atoms with Crippen molar-refractivity contribution in [2.24, 2.45) is 56.7 Å². The average molecular weight is 1160 g/mol. The molecule has 0 spiro atoms. The molecular formula is C75H134O8. The second-order valence-electron chi connectivity index (χ2n) is 30.2. The summed E-state index contributed by atoms with van der Waals surface area (Å²) in [5.74, 6) is 2.55. The van der Waals surface area contributed by atoms with E-state index in [4.69, 9.17) is 18.9 Å². The summed E-state index contributed by atoms with van der Waals surface area (Å²) in [6.07, 6.45) is 52.5. The highest BCUT2D eigenvalue weighted by Gasteiger charge is 2.71. The standard InChI is InChI=1S/C75H134O8/c1-10-12-14-16-18-20-23-27-31-35-39-43-67(77)81-57-61(83-69(79)45-41-37-33-29-24-21-19-17-15-13-11-2)58-82-68(78)44-40-36-32-28-25-22-26-30-34-38-42-56-80-59-75-53-48-62(60(3)4)70(75)63-46-47-65-72(7)51-50-66(76)71(5,6)64(72)49-52-74(65,9)73(63,8)54-55-75/h61-66,70,76H,3,10-59H2,1-2,4-9H3/t61?,62-,63+,64-,65+,66-,70+,72-,73+,74+,75+/m0/s1. The highest BCUT2D eigenvalue weighted by atomic mass is 16.6. The zero-order chi connectivity index (χ0) is 60.0. The van der Waals surface area contributed by atoms with Gasteiger partial charge in [0, 0.05) is 25.9 Å². The topological polar surface area (TPSA) is 108 Å². The first kappa shape index (κ1) is 71.8. The molecule has 0 aliphatic heterocycles. The molecule has 0 bridgehead atoms. The quantitative estimate of drug-likeness (QED) is 0.0278. The molecule has 0 aromatic heterocycles. The number of hydrogen-bond acceptors (Lipinski definition) is 8. The van der Waals surface area contributed by atoms with Crippen molar-refractivity contribution in [2.75, 3.05) is 26.4 Å². The van der Waals surface area contributed by atoms with Crippen molar-refractivity contribution >= 4 is 17.9 Å². The van der Waals surface area contributed by atoms with Gasteiger partial charge in [-0.3, -0.25) is 14.4 Å². The SMILES string of the molecule is C=C(C)[C@@H]1CC[C@]2(COCCCCCCCCCCCCCC(=O)OCC(COC(=O)CCCCCCCCCCCCC)OC(=O)CCCCCCCCCCCCC)CC[C@]3(C)[C@H](CC[C@@H]4[C@@]5(C)CC[C@H](O)C(C)(C)[C@@H]5CC[C@]43C)[C@@H]12. The predicted molar refractivity (Wildman–Crippen MR) is 345 cm³/mol. The van der Waals surface area contributed by atoms with Crippen LogP contribution in [0.5, 0.6) is 0 Å². The predicted octanol–water partition coefficient (Wildman–Crippen LogP) is 21.1. The van der Waals surface area contributed by atoms with Gasteiger partial charge in [0.25, 0.3) is 0 Å². The molecule has 0 saturated heterocycles. The van der Waals surface area contributed by atoms with Gasteiger partial charge in [0.2, 0.25) is 0 Å². The van der Waals surface area contributed by atoms with E-state index in [1.807, 2.05) is 0 Å². The Kier molecular flexibility index (Phi) is 32.7. The molecule has 0 amide bonds. The van der Waals surface area contributed by atoms with Crippen LogP contribution in [-0.4, -0.2) is 61.6 Å². The summed E-state index contributed by atoms with van der Waals surface area (Å²) in [6.45, 7) is 26.1. The Labute approximate surface area is 512 Å². The maximum Gasteiger partial charge on any atom is 0.306 e. The number of aliphatic hydroxyl groups is 1. The smallest absolute Gasteiger partial charge is 0.306 e. The van der Waals surface area contributed by atoms with E-state index in [9.17, 15) is 19.5 Å². The minimum absolute atomic E-state index is 0.00188. The van der Waals surface area contributed by atoms with Crippen LogP contribution in [0.4, 0.5) is 0 Å². The fourth-order valence-corrected chi connectivity index (χ4v) is 18.6. The fraction of sp³-hybridized carbons (Fsp3) is 0.933. The zero-order valence-electron chi connectivity index (χ0n) is 55.9. The number of rotatable bonds is 46. The second-order valence-corrected chi connectivity index (χ2v) is 30.2. The number of allylic oxidation sites excluding steroid dienone is 1. The number of carbonyl (C=O) groups excluding carboxylic acids is 3. The average Bonchev–Trinajstić information content (AvgIpc) is 1.62. The minimum Gasteiger partial charge on any atom is -0.462 e. The van der Waals surface area contributed by atoms with E-state index < -0.39 is 6.10 Å². The molecule has 1 unspecified atom stereocenters. The van der Waals surface area contributed by atoms with Gasteiger partial charge in [-0.05, 0) is 153 Å². The summed E-state index contributed by atoms with van der Waals surface area (Å²) in [6, 6.07) is 0. The van der Waals surface area contributed by atoms with Crippen LogP contribution in [0, 0.1) is 56.7 Å². The largest absolute Gasteiger partial charge is 0.462 e. The lowest BCUT2D eigenvalue weighted by atomic mass is 9.32. The van der Waals surface area contributed by atoms with Gasteiger partial charge in [0.05, 0.1) is 12.7 Å². The van der Waals surface area contributed by atoms with E-state index in [1.54, 1.807) is 0 Å². The summed E-state index contributed by atoms with van der Waals surface area (Å²) >= 11 is 0. The molecule has 5 aliphatic rings. The molecule has 5 aliphatic carbocycles. The molecule has 482 valence electrons. The number of ether oxygens (including phenoxy) is 4. The first-order valence-corrected chi connectivity index (χ1v) is 36.4. The molecule has 1 N–H and O–H groups in total. The van der Waals surface area contributed by atoms with E-state index in [-0.39, 0.29) is 42.6 Å². The van der Waals surface area contributed by atoms with Crippen LogP contribution in [0.15, 0.2) is 12.2 Å². The highest BCUT2D eigenvalue weighted by molar-refractivity contribution is 5.71. The number of aliphatic hydroxyl groups excluding tert-OH is 1. The summed E-state index contributed by atoms with van der Waals surface area (Å²) in [5, 5.41) is 11.2. The Balaban J connectivity index is 0.908. The van der Waals surface area contributed by atoms with Crippen molar-refractivity contribution in [3.05, 3.63) is 12.2 Å². The molecule has 83 heavy (non-hydrogen) atoms. The third-order valence-electron chi connectivity index (χ3n) is 23.9. The lowest BCUT2D eigenvalue weighted by Gasteiger charge is -2.73. The van der Waals surface area contributed by atoms with Gasteiger partial charge in [-0.2, -0.15) is 0 Å². The van der Waals surface area contributed by atoms with Gasteiger partial charge in [-0.15, -0.1) is 0 Å². The molecule has 8 heteroatoms. The van der Waals surface area contributed by atoms with Crippen molar-refractivity contribution in [1.82, 2.24) is 0 Å². The number of esters is 3. The molecule has 5 saturated carbocycles. The summed E-state index contributed by atoms with van der Waals surface area (Å²) in [5.41, 5.74) is 2.73. The number of fused-ring (bicyclic) bond motifs is 7. The molecule has 5 rings (SSSR count). The minimum atomic E-state index is -0.779. The monoisotopic (exact) mass is 1160 g/mol. The Morgan fingerprint density at radius 2 is 0.928 bits per heavy atom. The molecule has 0 heterocycles. The fourth-order valence-electron chi connectivity index (χ4n) is 18.6. The third kappa shape index (κ3) is 21.7. The van der Waals surface area contributed by atoms with Crippen LogP contribution in [0.25, 0.3) is 0 Å². The lowest BCUT2D eigenvalue weighted by Crippen LogP contribution is -2.66. The van der Waals surface area contributed by atoms with Gasteiger partial charge >= 0.3 is 17.9 Å². The third-order valence-corrected chi connectivity index (χ3v) is 23.9. The molecular weight excluding hydrogens is 1030 g/mol. The van der Waals surface area contributed by atoms with Crippen LogP contribution in [-0.2, 0) is 33.3 Å². The number of carbonyl (C=O) groups is 3. The maximum atomic E-state index is 12.9. The van der Waals surface area contributed by atoms with Gasteiger partial charge in [-0.1, -0.05) is 247 Å². The van der Waals surface area contributed by atoms with E-state index in [1.165, 1.54) is 211 Å². The van der Waals surface area contributed by atoms with Crippen molar-refractivity contribution in [3.8, 4) is 0 Å². The van der Waals surface area contributed by atoms with Crippen LogP contribution in [0.1, 0.15) is 351 Å². The van der Waals surface area contributed by atoms with Gasteiger partial charge in [-0.25, -0.2) is 0 Å². The molecule has 5 fully saturated rings. The summed E-state index contributed by atoms with van der Waals surface area (Å²) in [7, 11) is 0. The van der Waals surface area contributed by atoms with E-state index >= 15 is 0 Å². The highest BCUT2D eigenvalue weighted by Crippen LogP contribution is 2.77. The molecule has 0 aromatic carbocycles. The number of hydrogen-bond donors (Lipinski definition) is 1. The zero-order valence-corrected chi connectivity index (χ0v) is 55.9. The van der Waals surface area contributed by atoms with Gasteiger partial charge < -0.3 is 24.1 Å². The molecule has 11 atom stereocenters. The summed E-state index contributed by atoms with van der Waals surface area (Å²) < 4.78 is 23.8. The van der Waals surface area contributed by atoms with Crippen molar-refractivity contribution < 1.29 is 38.4 Å². The lowest BCUT2D eigenvalue weighted by molar-refractivity contribution is -0.250. The van der Waals surface area contributed by atoms with E-state index in [0.29, 0.717) is 58.7 Å². The number of unbranched alkanes of at least 4 members (excludes halogenated alkanes) is 30. The summed E-state index contributed by atoms with van der Waals surface area (Å²) in [4.78, 5) is 38.4. The van der Waals surface area contributed by atoms with Crippen molar-refractivity contribution in [2.45, 2.75) is 363 Å². The second kappa shape index (κ2) is 37.8. The van der Waals surface area contributed by atoms with E-state index in [0.717, 1.165) is 95.7 Å². The van der Waals surface area contributed by atoms with Crippen LogP contribution in [0.3, 0.4) is 0 Å². The van der Waals surface area contributed by atoms with Crippen LogP contribution < -0.4 is 0 Å². The maximum absolute atomic E-state index is 12.9. The molecule has 8 nitrogen and oxygen atoms in total. The Bertz CT molecular complexity index is 1830. The van der Waals surface area contributed by atoms with Gasteiger partial charge in [0.1, 0.15) is 13.2 Å². The molecule has 0 radical (unpaired) electrons. The Morgan fingerprint density at radius 3 is 1.40 bits per heavy atom. The van der Waals surface area contributed by atoms with Crippen molar-refractivity contribution in [3.63, 3.8) is 0 Å². The van der Waals surface area contributed by atoms with E-state index in [2.05, 4.69) is 62.0 Å². The van der Waals surface area contributed by atoms with Crippen LogP contribution in [0.2, 0.25) is 0 Å².